The number of carbonyl (C=O) groups is 1. The molecule has 0 aliphatic heterocycles. The van der Waals surface area contributed by atoms with Crippen molar-refractivity contribution in [3.05, 3.63) is 64.8 Å². The molecule has 13 heteroatoms. The molecular formula is C21H20ClFN4O6S. The third kappa shape index (κ3) is 4.55. The number of rotatable bonds is 6. The molecule has 2 aromatic carbocycles. The Morgan fingerprint density at radius 2 is 1.88 bits per heavy atom. The Bertz CT molecular complexity index is 1520. The van der Waals surface area contributed by atoms with E-state index in [1.165, 1.54) is 43.6 Å². The number of hydrogen-bond acceptors (Lipinski definition) is 7. The number of aromatic amines is 2. The lowest BCUT2D eigenvalue weighted by Gasteiger charge is -2.20. The van der Waals surface area contributed by atoms with Gasteiger partial charge < -0.3 is 25.2 Å². The first kappa shape index (κ1) is 25.0. The Labute approximate surface area is 198 Å². The van der Waals surface area contributed by atoms with Crippen molar-refractivity contribution in [2.75, 3.05) is 24.5 Å². The fraction of sp³-hybridized carbons (Fsp3) is 0.143. The second-order valence-corrected chi connectivity index (χ2v) is 8.97. The number of benzene rings is 2. The summed E-state index contributed by atoms with van der Waals surface area (Å²) in [6.07, 6.45) is 0.282. The van der Waals surface area contributed by atoms with Gasteiger partial charge in [-0.15, -0.1) is 12.4 Å². The Morgan fingerprint density at radius 1 is 1.18 bits per heavy atom. The molecule has 4 aromatic rings. The molecule has 4 rings (SSSR count). The highest BCUT2D eigenvalue weighted by Gasteiger charge is 2.23. The van der Waals surface area contributed by atoms with E-state index in [2.05, 4.69) is 9.97 Å². The summed E-state index contributed by atoms with van der Waals surface area (Å²) in [5, 5.41) is 0.529. The van der Waals surface area contributed by atoms with Crippen molar-refractivity contribution in [3.63, 3.8) is 0 Å². The number of H-pyrrole nitrogens is 2. The number of aromatic nitrogens is 2. The Kier molecular flexibility index (Phi) is 7.15. The Morgan fingerprint density at radius 3 is 2.56 bits per heavy atom. The molecular weight excluding hydrogens is 491 g/mol. The maximum atomic E-state index is 13.2. The average Bonchev–Trinajstić information content (AvgIpc) is 3.22. The van der Waals surface area contributed by atoms with Crippen molar-refractivity contribution in [1.29, 1.82) is 0 Å². The summed E-state index contributed by atoms with van der Waals surface area (Å²) in [4.78, 5) is 29.6. The number of hydrogen-bond donors (Lipinski definition) is 3. The Balaban J connectivity index is 0.00000324. The number of anilines is 1. The smallest absolute Gasteiger partial charge is 0.433 e. The molecule has 0 aliphatic rings. The van der Waals surface area contributed by atoms with Crippen LogP contribution in [0.1, 0.15) is 0 Å². The molecule has 2 aromatic heterocycles. The van der Waals surface area contributed by atoms with Crippen LogP contribution in [0.3, 0.4) is 0 Å². The zero-order valence-electron chi connectivity index (χ0n) is 17.7. The summed E-state index contributed by atoms with van der Waals surface area (Å²) < 4.78 is 50.7. The van der Waals surface area contributed by atoms with Gasteiger partial charge in [-0.2, -0.15) is 0 Å². The van der Waals surface area contributed by atoms with E-state index in [0.29, 0.717) is 10.9 Å². The van der Waals surface area contributed by atoms with Crippen molar-refractivity contribution in [1.82, 2.24) is 9.97 Å². The summed E-state index contributed by atoms with van der Waals surface area (Å²) in [7, 11) is -2.70. The SMILES string of the molecule is CN(c1ccc(F)cc1)S(=O)(=O)c1ccc2[nH]c(=O)c3[nH]cc(OC(=O)OCCN)c3c2c1.Cl. The highest BCUT2D eigenvalue weighted by molar-refractivity contribution is 7.92. The summed E-state index contributed by atoms with van der Waals surface area (Å²) >= 11 is 0. The van der Waals surface area contributed by atoms with Crippen LogP contribution in [0.15, 0.2) is 58.4 Å². The van der Waals surface area contributed by atoms with Crippen molar-refractivity contribution in [2.45, 2.75) is 4.90 Å². The number of ether oxygens (including phenoxy) is 2. The van der Waals surface area contributed by atoms with Crippen LogP contribution >= 0.6 is 12.4 Å². The molecule has 0 spiro atoms. The van der Waals surface area contributed by atoms with Crippen LogP contribution in [0.2, 0.25) is 0 Å². The van der Waals surface area contributed by atoms with Crippen LogP contribution in [0, 0.1) is 5.82 Å². The molecule has 0 radical (unpaired) electrons. The van der Waals surface area contributed by atoms with Crippen LogP contribution in [0.5, 0.6) is 5.75 Å². The van der Waals surface area contributed by atoms with Crippen molar-refractivity contribution in [2.24, 2.45) is 5.73 Å². The maximum absolute atomic E-state index is 13.2. The van der Waals surface area contributed by atoms with Crippen LogP contribution in [0.25, 0.3) is 21.8 Å². The molecule has 0 bridgehead atoms. The number of nitrogens with two attached hydrogens (primary N) is 1. The largest absolute Gasteiger partial charge is 0.513 e. The predicted octanol–water partition coefficient (Wildman–Crippen LogP) is 2.87. The van der Waals surface area contributed by atoms with Gasteiger partial charge in [0.1, 0.15) is 17.9 Å². The molecule has 0 fully saturated rings. The van der Waals surface area contributed by atoms with Crippen LogP contribution < -0.4 is 20.3 Å². The monoisotopic (exact) mass is 510 g/mol. The highest BCUT2D eigenvalue weighted by Crippen LogP contribution is 2.33. The molecule has 10 nitrogen and oxygen atoms in total. The minimum atomic E-state index is -4.04. The fourth-order valence-electron chi connectivity index (χ4n) is 3.33. The van der Waals surface area contributed by atoms with Gasteiger partial charge >= 0.3 is 6.16 Å². The van der Waals surface area contributed by atoms with E-state index in [4.69, 9.17) is 15.2 Å². The number of halogens is 2. The second-order valence-electron chi connectivity index (χ2n) is 7.00. The van der Waals surface area contributed by atoms with Gasteiger partial charge in [0.2, 0.25) is 0 Å². The van der Waals surface area contributed by atoms with Gasteiger partial charge in [0.05, 0.1) is 16.0 Å². The number of fused-ring (bicyclic) bond motifs is 3. The summed E-state index contributed by atoms with van der Waals surface area (Å²) in [6.45, 7) is 0.0506. The molecule has 0 unspecified atom stereocenters. The molecule has 0 saturated heterocycles. The molecule has 34 heavy (non-hydrogen) atoms. The second kappa shape index (κ2) is 9.71. The van der Waals surface area contributed by atoms with Crippen LogP contribution in [0.4, 0.5) is 14.9 Å². The van der Waals surface area contributed by atoms with Gasteiger partial charge in [0.15, 0.2) is 5.75 Å². The fourth-order valence-corrected chi connectivity index (χ4v) is 4.55. The highest BCUT2D eigenvalue weighted by atomic mass is 35.5. The van der Waals surface area contributed by atoms with Gasteiger partial charge in [-0.25, -0.2) is 17.6 Å². The minimum absolute atomic E-state index is 0. The first-order chi connectivity index (χ1) is 15.7. The topological polar surface area (TPSA) is 148 Å². The molecule has 180 valence electrons. The molecule has 0 amide bonds. The normalized spacial score (nSPS) is 11.3. The van der Waals surface area contributed by atoms with Gasteiger partial charge in [-0.3, -0.25) is 9.10 Å². The first-order valence-corrected chi connectivity index (χ1v) is 11.1. The van der Waals surface area contributed by atoms with Crippen molar-refractivity contribution >= 4 is 56.1 Å². The predicted molar refractivity (Wildman–Crippen MR) is 127 cm³/mol. The van der Waals surface area contributed by atoms with Gasteiger partial charge in [0.25, 0.3) is 15.6 Å². The van der Waals surface area contributed by atoms with Crippen molar-refractivity contribution in [3.8, 4) is 5.75 Å². The molecule has 0 atom stereocenters. The van der Waals surface area contributed by atoms with E-state index in [0.717, 1.165) is 16.4 Å². The van der Waals surface area contributed by atoms with E-state index in [9.17, 15) is 22.4 Å². The zero-order chi connectivity index (χ0) is 23.8. The minimum Gasteiger partial charge on any atom is -0.433 e. The molecule has 0 aliphatic carbocycles. The van der Waals surface area contributed by atoms with Crippen molar-refractivity contribution < 1.29 is 27.1 Å². The summed E-state index contributed by atoms with van der Waals surface area (Å²) in [5.74, 6) is -0.504. The van der Waals surface area contributed by atoms with Crippen LogP contribution in [-0.4, -0.2) is 44.7 Å². The maximum Gasteiger partial charge on any atom is 0.513 e. The van der Waals surface area contributed by atoms with Gasteiger partial charge in [-0.1, -0.05) is 0 Å². The Hall–Kier alpha value is -3.61. The van der Waals surface area contributed by atoms with Crippen LogP contribution in [-0.2, 0) is 14.8 Å². The zero-order valence-corrected chi connectivity index (χ0v) is 19.3. The third-order valence-electron chi connectivity index (χ3n) is 4.96. The van der Waals surface area contributed by atoms with E-state index in [1.54, 1.807) is 0 Å². The first-order valence-electron chi connectivity index (χ1n) is 9.68. The molecule has 4 N–H and O–H groups in total. The quantitative estimate of drug-likeness (QED) is 0.338. The number of nitrogens with one attached hydrogen (secondary N) is 2. The number of sulfonamides is 1. The van der Waals surface area contributed by atoms with Gasteiger partial charge in [0, 0.05) is 30.7 Å². The number of carbonyl (C=O) groups excluding carboxylic acids is 1. The van der Waals surface area contributed by atoms with Gasteiger partial charge in [-0.05, 0) is 42.5 Å². The summed E-state index contributed by atoms with van der Waals surface area (Å²) in [5.41, 5.74) is 5.50. The lowest BCUT2D eigenvalue weighted by Crippen LogP contribution is -2.26. The summed E-state index contributed by atoms with van der Waals surface area (Å²) in [6, 6.07) is 9.12. The van der Waals surface area contributed by atoms with E-state index in [-0.39, 0.29) is 52.8 Å². The standard InChI is InChI=1S/C21H19FN4O6S.ClH/c1-26(13-4-2-12(22)3-5-13)33(29,30)14-6-7-16-15(10-14)18-17(32-21(28)31-9-8-23)11-24-19(18)20(27)25-16;/h2-7,10-11,24H,8-9,23H2,1H3,(H,25,27);1H. The average molecular weight is 511 g/mol. The van der Waals surface area contributed by atoms with E-state index >= 15 is 0 Å². The number of pyridine rings is 1. The third-order valence-corrected chi connectivity index (χ3v) is 6.74. The number of nitrogens with zero attached hydrogens (tertiary/aromatic N) is 1. The lowest BCUT2D eigenvalue weighted by molar-refractivity contribution is 0.102. The van der Waals surface area contributed by atoms with E-state index in [1.807, 2.05) is 0 Å². The van der Waals surface area contributed by atoms with E-state index < -0.39 is 27.6 Å². The lowest BCUT2D eigenvalue weighted by atomic mass is 10.1. The molecule has 0 saturated carbocycles. The molecule has 2 heterocycles.